The van der Waals surface area contributed by atoms with Crippen LogP contribution in [0.5, 0.6) is 0 Å². The summed E-state index contributed by atoms with van der Waals surface area (Å²) < 4.78 is 0. The van der Waals surface area contributed by atoms with Crippen LogP contribution in [0.2, 0.25) is 0 Å². The Hall–Kier alpha value is -0.120. The van der Waals surface area contributed by atoms with Gasteiger partial charge in [-0.15, -0.1) is 0 Å². The van der Waals surface area contributed by atoms with Gasteiger partial charge in [0, 0.05) is 12.5 Å². The van der Waals surface area contributed by atoms with E-state index in [2.05, 4.69) is 0 Å². The van der Waals surface area contributed by atoms with E-state index in [-0.39, 0.29) is 12.5 Å². The van der Waals surface area contributed by atoms with E-state index < -0.39 is 12.2 Å². The molecule has 0 bridgehead atoms. The highest BCUT2D eigenvalue weighted by molar-refractivity contribution is 4.81. The molecule has 1 saturated carbocycles. The van der Waals surface area contributed by atoms with Crippen molar-refractivity contribution in [3.63, 3.8) is 0 Å². The van der Waals surface area contributed by atoms with E-state index >= 15 is 0 Å². The molecule has 0 saturated heterocycles. The molecule has 0 aromatic rings. The zero-order chi connectivity index (χ0) is 6.85. The molecule has 0 spiro atoms. The molecule has 3 N–H and O–H groups in total. The first kappa shape index (κ1) is 6.99. The summed E-state index contributed by atoms with van der Waals surface area (Å²) in [5.74, 6) is -0.0972. The van der Waals surface area contributed by atoms with E-state index in [4.69, 9.17) is 15.3 Å². The minimum Gasteiger partial charge on any atom is -0.396 e. The highest BCUT2D eigenvalue weighted by Gasteiger charge is 2.30. The van der Waals surface area contributed by atoms with E-state index in [1.165, 1.54) is 0 Å². The topological polar surface area (TPSA) is 60.7 Å². The van der Waals surface area contributed by atoms with Crippen LogP contribution in [0.15, 0.2) is 0 Å². The van der Waals surface area contributed by atoms with E-state index in [0.29, 0.717) is 12.8 Å². The summed E-state index contributed by atoms with van der Waals surface area (Å²) in [6.45, 7) is -0.0156. The van der Waals surface area contributed by atoms with Gasteiger partial charge in [-0.25, -0.2) is 0 Å². The predicted molar refractivity (Wildman–Crippen MR) is 31.8 cm³/mol. The van der Waals surface area contributed by atoms with Gasteiger partial charge >= 0.3 is 0 Å². The molecule has 1 fully saturated rings. The average molecular weight is 132 g/mol. The van der Waals surface area contributed by atoms with Gasteiger partial charge in [-0.3, -0.25) is 0 Å². The SMILES string of the molecule is OC[C@@H]1C[C@H](O)C[C@@H]1O. The summed E-state index contributed by atoms with van der Waals surface area (Å²) in [5.41, 5.74) is 0. The molecule has 3 heteroatoms. The molecular weight excluding hydrogens is 120 g/mol. The molecule has 0 amide bonds. The molecule has 3 atom stereocenters. The third-order valence-corrected chi connectivity index (χ3v) is 1.87. The number of aliphatic hydroxyl groups excluding tert-OH is 3. The molecule has 1 aliphatic rings. The third kappa shape index (κ3) is 1.41. The molecule has 1 rings (SSSR count). The van der Waals surface area contributed by atoms with Crippen LogP contribution < -0.4 is 0 Å². The molecule has 3 nitrogen and oxygen atoms in total. The zero-order valence-corrected chi connectivity index (χ0v) is 5.20. The average Bonchev–Trinajstić information content (AvgIpc) is 2.10. The van der Waals surface area contributed by atoms with Crippen molar-refractivity contribution in [2.45, 2.75) is 25.0 Å². The first-order valence-corrected chi connectivity index (χ1v) is 3.21. The van der Waals surface area contributed by atoms with E-state index in [9.17, 15) is 0 Å². The molecule has 0 aromatic heterocycles. The standard InChI is InChI=1S/C6H12O3/c7-3-4-1-5(8)2-6(4)9/h4-9H,1-3H2/t4-,5-,6-/m0/s1. The highest BCUT2D eigenvalue weighted by atomic mass is 16.3. The zero-order valence-electron chi connectivity index (χ0n) is 5.20. The summed E-state index contributed by atoms with van der Waals surface area (Å²) in [7, 11) is 0. The molecule has 1 aliphatic carbocycles. The molecule has 0 radical (unpaired) electrons. The minimum atomic E-state index is -0.495. The number of hydrogen-bond acceptors (Lipinski definition) is 3. The molecule has 0 aliphatic heterocycles. The van der Waals surface area contributed by atoms with Gasteiger partial charge in [0.05, 0.1) is 12.2 Å². The minimum absolute atomic E-state index is 0.0156. The fraction of sp³-hybridized carbons (Fsp3) is 1.00. The maximum atomic E-state index is 9.04. The highest BCUT2D eigenvalue weighted by Crippen LogP contribution is 2.24. The number of hydrogen-bond donors (Lipinski definition) is 3. The lowest BCUT2D eigenvalue weighted by molar-refractivity contribution is 0.0893. The van der Waals surface area contributed by atoms with Crippen LogP contribution in [-0.4, -0.2) is 34.1 Å². The van der Waals surface area contributed by atoms with Crippen molar-refractivity contribution in [1.29, 1.82) is 0 Å². The second-order valence-electron chi connectivity index (χ2n) is 2.64. The summed E-state index contributed by atoms with van der Waals surface area (Å²) in [6, 6.07) is 0. The Labute approximate surface area is 53.9 Å². The fourth-order valence-electron chi connectivity index (χ4n) is 1.27. The maximum absolute atomic E-state index is 9.04. The quantitative estimate of drug-likeness (QED) is 0.434. The Morgan fingerprint density at radius 1 is 1.22 bits per heavy atom. The van der Waals surface area contributed by atoms with Crippen molar-refractivity contribution in [1.82, 2.24) is 0 Å². The second-order valence-corrected chi connectivity index (χ2v) is 2.64. The molecule has 0 aromatic carbocycles. The number of rotatable bonds is 1. The van der Waals surface area contributed by atoms with E-state index in [1.54, 1.807) is 0 Å². The molecule has 0 unspecified atom stereocenters. The van der Waals surface area contributed by atoms with Gasteiger partial charge in [0.1, 0.15) is 0 Å². The number of aliphatic hydroxyl groups is 3. The van der Waals surface area contributed by atoms with Crippen LogP contribution in [0, 0.1) is 5.92 Å². The summed E-state index contributed by atoms with van der Waals surface area (Å²) >= 11 is 0. The van der Waals surface area contributed by atoms with Crippen molar-refractivity contribution in [3.05, 3.63) is 0 Å². The van der Waals surface area contributed by atoms with Gasteiger partial charge < -0.3 is 15.3 Å². The lowest BCUT2D eigenvalue weighted by Gasteiger charge is -2.07. The van der Waals surface area contributed by atoms with Crippen LogP contribution in [0.25, 0.3) is 0 Å². The Bertz CT molecular complexity index is 94.3. The Kier molecular flexibility index (Phi) is 2.05. The Morgan fingerprint density at radius 2 is 1.89 bits per heavy atom. The predicted octanol–water partition coefficient (Wildman–Crippen LogP) is -0.890. The van der Waals surface area contributed by atoms with E-state index in [1.807, 2.05) is 0 Å². The molecule has 9 heavy (non-hydrogen) atoms. The monoisotopic (exact) mass is 132 g/mol. The fourth-order valence-corrected chi connectivity index (χ4v) is 1.27. The van der Waals surface area contributed by atoms with Crippen molar-refractivity contribution in [2.24, 2.45) is 5.92 Å². The first-order valence-electron chi connectivity index (χ1n) is 3.21. The summed E-state index contributed by atoms with van der Waals surface area (Å²) in [5, 5.41) is 26.6. The summed E-state index contributed by atoms with van der Waals surface area (Å²) in [4.78, 5) is 0. The van der Waals surface area contributed by atoms with Crippen LogP contribution in [-0.2, 0) is 0 Å². The third-order valence-electron chi connectivity index (χ3n) is 1.87. The molecule has 54 valence electrons. The lowest BCUT2D eigenvalue weighted by atomic mass is 10.1. The van der Waals surface area contributed by atoms with Crippen LogP contribution >= 0.6 is 0 Å². The first-order chi connectivity index (χ1) is 4.24. The van der Waals surface area contributed by atoms with Gasteiger partial charge in [0.15, 0.2) is 0 Å². The van der Waals surface area contributed by atoms with Crippen molar-refractivity contribution in [3.8, 4) is 0 Å². The van der Waals surface area contributed by atoms with Gasteiger partial charge in [-0.05, 0) is 12.8 Å². The molecular formula is C6H12O3. The Morgan fingerprint density at radius 3 is 2.11 bits per heavy atom. The summed E-state index contributed by atoms with van der Waals surface area (Å²) in [6.07, 6.45) is 0.0604. The van der Waals surface area contributed by atoms with E-state index in [0.717, 1.165) is 0 Å². The van der Waals surface area contributed by atoms with Crippen LogP contribution in [0.1, 0.15) is 12.8 Å². The Balaban J connectivity index is 2.38. The van der Waals surface area contributed by atoms with Crippen molar-refractivity contribution >= 4 is 0 Å². The van der Waals surface area contributed by atoms with Gasteiger partial charge in [-0.2, -0.15) is 0 Å². The van der Waals surface area contributed by atoms with Gasteiger partial charge in [0.2, 0.25) is 0 Å². The maximum Gasteiger partial charge on any atom is 0.0615 e. The largest absolute Gasteiger partial charge is 0.396 e. The van der Waals surface area contributed by atoms with Crippen molar-refractivity contribution in [2.75, 3.05) is 6.61 Å². The van der Waals surface area contributed by atoms with Crippen LogP contribution in [0.4, 0.5) is 0 Å². The lowest BCUT2D eigenvalue weighted by Crippen LogP contribution is -2.16. The van der Waals surface area contributed by atoms with Crippen LogP contribution in [0.3, 0.4) is 0 Å². The molecule has 0 heterocycles. The van der Waals surface area contributed by atoms with Gasteiger partial charge in [-0.1, -0.05) is 0 Å². The smallest absolute Gasteiger partial charge is 0.0615 e. The normalized spacial score (nSPS) is 43.7. The van der Waals surface area contributed by atoms with Gasteiger partial charge in [0.25, 0.3) is 0 Å². The van der Waals surface area contributed by atoms with Crippen molar-refractivity contribution < 1.29 is 15.3 Å². The second kappa shape index (κ2) is 2.64.